The quantitative estimate of drug-likeness (QED) is 0.808. The standard InChI is InChI=1S/C13H12BrNS/c14-13-6-11-8-15(9-12(11)16-13)7-10-4-2-1-3-5-10/h1-6H,7-9H2. The first-order valence-corrected chi connectivity index (χ1v) is 6.95. The van der Waals surface area contributed by atoms with Gasteiger partial charge in [0.25, 0.3) is 0 Å². The lowest BCUT2D eigenvalue weighted by Crippen LogP contribution is -2.15. The molecule has 0 saturated carbocycles. The minimum atomic E-state index is 1.06. The molecule has 1 aliphatic heterocycles. The second kappa shape index (κ2) is 4.32. The molecule has 0 N–H and O–H groups in total. The Labute approximate surface area is 108 Å². The van der Waals surface area contributed by atoms with Gasteiger partial charge >= 0.3 is 0 Å². The Bertz CT molecular complexity index is 468. The smallest absolute Gasteiger partial charge is 0.0705 e. The van der Waals surface area contributed by atoms with Crippen molar-refractivity contribution in [2.75, 3.05) is 0 Å². The SMILES string of the molecule is Brc1cc2c(s1)CN(Cc1ccccc1)C2. The van der Waals surface area contributed by atoms with Crippen molar-refractivity contribution < 1.29 is 0 Å². The van der Waals surface area contributed by atoms with Gasteiger partial charge in [-0.15, -0.1) is 11.3 Å². The molecule has 0 bridgehead atoms. The first-order valence-electron chi connectivity index (χ1n) is 5.34. The van der Waals surface area contributed by atoms with Crippen LogP contribution in [0.15, 0.2) is 40.2 Å². The number of nitrogens with zero attached hydrogens (tertiary/aromatic N) is 1. The maximum atomic E-state index is 3.54. The van der Waals surface area contributed by atoms with Gasteiger partial charge in [-0.25, -0.2) is 0 Å². The van der Waals surface area contributed by atoms with Crippen LogP contribution in [-0.4, -0.2) is 4.90 Å². The molecule has 16 heavy (non-hydrogen) atoms. The second-order valence-corrected chi connectivity index (χ2v) is 6.65. The molecule has 0 spiro atoms. The fourth-order valence-corrected chi connectivity index (χ4v) is 3.95. The molecule has 0 atom stereocenters. The molecule has 0 amide bonds. The van der Waals surface area contributed by atoms with Gasteiger partial charge in [0, 0.05) is 24.5 Å². The minimum absolute atomic E-state index is 1.06. The molecule has 0 saturated heterocycles. The topological polar surface area (TPSA) is 3.24 Å². The van der Waals surface area contributed by atoms with Crippen LogP contribution in [0.5, 0.6) is 0 Å². The van der Waals surface area contributed by atoms with E-state index < -0.39 is 0 Å². The van der Waals surface area contributed by atoms with Crippen molar-refractivity contribution >= 4 is 27.3 Å². The van der Waals surface area contributed by atoms with Crippen LogP contribution < -0.4 is 0 Å². The summed E-state index contributed by atoms with van der Waals surface area (Å²) in [6.07, 6.45) is 0. The van der Waals surface area contributed by atoms with E-state index in [0.717, 1.165) is 19.6 Å². The molecule has 1 nitrogen and oxygen atoms in total. The minimum Gasteiger partial charge on any atom is -0.290 e. The van der Waals surface area contributed by atoms with Crippen LogP contribution in [0.2, 0.25) is 0 Å². The van der Waals surface area contributed by atoms with Crippen molar-refractivity contribution in [3.05, 3.63) is 56.2 Å². The van der Waals surface area contributed by atoms with Crippen molar-refractivity contribution in [1.29, 1.82) is 0 Å². The molecule has 0 unspecified atom stereocenters. The summed E-state index contributed by atoms with van der Waals surface area (Å²) in [5.41, 5.74) is 2.89. The zero-order chi connectivity index (χ0) is 11.0. The Morgan fingerprint density at radius 2 is 2.00 bits per heavy atom. The Hall–Kier alpha value is -0.640. The van der Waals surface area contributed by atoms with Crippen molar-refractivity contribution in [3.8, 4) is 0 Å². The van der Waals surface area contributed by atoms with E-state index in [2.05, 4.69) is 57.2 Å². The third-order valence-corrected chi connectivity index (χ3v) is 4.54. The lowest BCUT2D eigenvalue weighted by atomic mass is 10.2. The molecule has 0 fully saturated rings. The second-order valence-electron chi connectivity index (χ2n) is 4.13. The predicted octanol–water partition coefficient (Wildman–Crippen LogP) is 4.03. The van der Waals surface area contributed by atoms with Gasteiger partial charge in [0.15, 0.2) is 0 Å². The van der Waals surface area contributed by atoms with Crippen LogP contribution in [-0.2, 0) is 19.6 Å². The Kier molecular flexibility index (Phi) is 2.84. The summed E-state index contributed by atoms with van der Waals surface area (Å²) in [5.74, 6) is 0. The lowest BCUT2D eigenvalue weighted by Gasteiger charge is -2.14. The predicted molar refractivity (Wildman–Crippen MR) is 71.4 cm³/mol. The molecule has 2 aromatic rings. The monoisotopic (exact) mass is 293 g/mol. The van der Waals surface area contributed by atoms with Crippen LogP contribution in [0, 0.1) is 0 Å². The van der Waals surface area contributed by atoms with E-state index in [1.165, 1.54) is 19.8 Å². The van der Waals surface area contributed by atoms with Gasteiger partial charge in [-0.05, 0) is 33.1 Å². The van der Waals surface area contributed by atoms with Gasteiger partial charge in [-0.1, -0.05) is 30.3 Å². The van der Waals surface area contributed by atoms with E-state index in [0.29, 0.717) is 0 Å². The maximum absolute atomic E-state index is 3.54. The summed E-state index contributed by atoms with van der Waals surface area (Å²) < 4.78 is 1.26. The van der Waals surface area contributed by atoms with E-state index in [-0.39, 0.29) is 0 Å². The Morgan fingerprint density at radius 1 is 1.19 bits per heavy atom. The van der Waals surface area contributed by atoms with Gasteiger partial charge in [0.1, 0.15) is 0 Å². The largest absolute Gasteiger partial charge is 0.290 e. The van der Waals surface area contributed by atoms with Gasteiger partial charge in [-0.3, -0.25) is 4.90 Å². The van der Waals surface area contributed by atoms with E-state index in [9.17, 15) is 0 Å². The first kappa shape index (κ1) is 10.5. The van der Waals surface area contributed by atoms with Gasteiger partial charge in [-0.2, -0.15) is 0 Å². The molecule has 82 valence electrons. The van der Waals surface area contributed by atoms with Crippen molar-refractivity contribution in [3.63, 3.8) is 0 Å². The summed E-state index contributed by atoms with van der Waals surface area (Å²) in [7, 11) is 0. The Balaban J connectivity index is 1.70. The summed E-state index contributed by atoms with van der Waals surface area (Å²) in [6.45, 7) is 3.24. The zero-order valence-corrected chi connectivity index (χ0v) is 11.2. The molecule has 3 heteroatoms. The molecule has 1 aliphatic rings. The molecule has 0 radical (unpaired) electrons. The highest BCUT2D eigenvalue weighted by Gasteiger charge is 2.21. The lowest BCUT2D eigenvalue weighted by molar-refractivity contribution is 0.276. The van der Waals surface area contributed by atoms with Gasteiger partial charge in [0.2, 0.25) is 0 Å². The molecular formula is C13H12BrNS. The molecule has 0 aliphatic carbocycles. The number of fused-ring (bicyclic) bond motifs is 1. The molecule has 1 aromatic heterocycles. The summed E-state index contributed by atoms with van der Waals surface area (Å²) in [6, 6.07) is 12.9. The van der Waals surface area contributed by atoms with E-state index >= 15 is 0 Å². The maximum Gasteiger partial charge on any atom is 0.0705 e. The van der Waals surface area contributed by atoms with Crippen LogP contribution >= 0.6 is 27.3 Å². The van der Waals surface area contributed by atoms with Gasteiger partial charge in [0.05, 0.1) is 3.79 Å². The number of benzene rings is 1. The fourth-order valence-electron chi connectivity index (χ4n) is 2.15. The molecule has 3 rings (SSSR count). The highest BCUT2D eigenvalue weighted by Crippen LogP contribution is 2.34. The fraction of sp³-hybridized carbons (Fsp3) is 0.231. The zero-order valence-electron chi connectivity index (χ0n) is 8.82. The Morgan fingerprint density at radius 3 is 2.75 bits per heavy atom. The first-order chi connectivity index (χ1) is 7.81. The number of thiophene rings is 1. The highest BCUT2D eigenvalue weighted by atomic mass is 79.9. The van der Waals surface area contributed by atoms with Crippen molar-refractivity contribution in [2.24, 2.45) is 0 Å². The van der Waals surface area contributed by atoms with E-state index in [1.54, 1.807) is 0 Å². The average molecular weight is 294 g/mol. The molecule has 2 heterocycles. The highest BCUT2D eigenvalue weighted by molar-refractivity contribution is 9.11. The summed E-state index contributed by atoms with van der Waals surface area (Å²) in [5, 5.41) is 0. The van der Waals surface area contributed by atoms with Crippen molar-refractivity contribution in [1.82, 2.24) is 4.90 Å². The van der Waals surface area contributed by atoms with Gasteiger partial charge < -0.3 is 0 Å². The average Bonchev–Trinajstić information content (AvgIpc) is 2.76. The van der Waals surface area contributed by atoms with E-state index in [4.69, 9.17) is 0 Å². The third-order valence-electron chi connectivity index (χ3n) is 2.88. The number of rotatable bonds is 2. The number of hydrogen-bond donors (Lipinski definition) is 0. The van der Waals surface area contributed by atoms with Crippen LogP contribution in [0.1, 0.15) is 16.0 Å². The number of halogens is 1. The molecular weight excluding hydrogens is 282 g/mol. The molecule has 1 aromatic carbocycles. The van der Waals surface area contributed by atoms with Crippen molar-refractivity contribution in [2.45, 2.75) is 19.6 Å². The third kappa shape index (κ3) is 2.08. The normalized spacial score (nSPS) is 15.3. The van der Waals surface area contributed by atoms with E-state index in [1.807, 2.05) is 11.3 Å². The van der Waals surface area contributed by atoms with Crippen LogP contribution in [0.4, 0.5) is 0 Å². The summed E-state index contributed by atoms with van der Waals surface area (Å²) in [4.78, 5) is 4.01. The number of hydrogen-bond acceptors (Lipinski definition) is 2. The van der Waals surface area contributed by atoms with Crippen LogP contribution in [0.25, 0.3) is 0 Å². The summed E-state index contributed by atoms with van der Waals surface area (Å²) >= 11 is 5.41. The van der Waals surface area contributed by atoms with Crippen LogP contribution in [0.3, 0.4) is 0 Å².